The number of amides is 1. The Hall–Kier alpha value is -3.75. The maximum atomic E-state index is 12.6. The molecule has 164 valence electrons. The molecule has 0 saturated carbocycles. The zero-order valence-corrected chi connectivity index (χ0v) is 18.9. The van der Waals surface area contributed by atoms with E-state index in [1.807, 2.05) is 60.0 Å². The highest BCUT2D eigenvalue weighted by atomic mass is 35.5. The Kier molecular flexibility index (Phi) is 5.77. The summed E-state index contributed by atoms with van der Waals surface area (Å²) in [4.78, 5) is 29.6. The molecular weight excluding hydrogens is 458 g/mol. The van der Waals surface area contributed by atoms with Gasteiger partial charge in [-0.15, -0.1) is 16.4 Å². The molecule has 0 aliphatic carbocycles. The second-order valence-electron chi connectivity index (χ2n) is 7.42. The quantitative estimate of drug-likeness (QED) is 0.392. The van der Waals surface area contributed by atoms with Crippen molar-refractivity contribution in [3.63, 3.8) is 0 Å². The van der Waals surface area contributed by atoms with Gasteiger partial charge in [-0.25, -0.2) is 14.5 Å². The van der Waals surface area contributed by atoms with Crippen molar-refractivity contribution in [2.24, 2.45) is 0 Å². The van der Waals surface area contributed by atoms with Gasteiger partial charge in [-0.3, -0.25) is 9.20 Å². The third kappa shape index (κ3) is 4.57. The molecule has 0 aliphatic rings. The average Bonchev–Trinajstić information content (AvgIpc) is 3.39. The van der Waals surface area contributed by atoms with Crippen molar-refractivity contribution in [3.05, 3.63) is 105 Å². The lowest BCUT2D eigenvalue weighted by Gasteiger charge is -2.07. The van der Waals surface area contributed by atoms with Crippen molar-refractivity contribution in [2.45, 2.75) is 13.0 Å². The predicted octanol–water partition coefficient (Wildman–Crippen LogP) is 4.50. The number of aromatic nitrogens is 4. The summed E-state index contributed by atoms with van der Waals surface area (Å²) < 4.78 is 2.90. The fourth-order valence-electron chi connectivity index (χ4n) is 3.51. The van der Waals surface area contributed by atoms with Crippen LogP contribution in [0, 0.1) is 0 Å². The number of carbonyl (C=O) groups excluding carboxylic acids is 1. The van der Waals surface area contributed by atoms with Gasteiger partial charge in [0.2, 0.25) is 5.91 Å². The molecule has 0 atom stereocenters. The molecule has 1 amide bonds. The number of hydrogen-bond donors (Lipinski definition) is 1. The lowest BCUT2D eigenvalue weighted by atomic mass is 10.2. The molecule has 0 fully saturated rings. The number of rotatable bonds is 6. The van der Waals surface area contributed by atoms with Gasteiger partial charge < -0.3 is 5.32 Å². The Morgan fingerprint density at radius 3 is 2.76 bits per heavy atom. The van der Waals surface area contributed by atoms with Gasteiger partial charge in [0, 0.05) is 22.8 Å². The van der Waals surface area contributed by atoms with Crippen LogP contribution in [0.5, 0.6) is 0 Å². The average molecular weight is 476 g/mol. The van der Waals surface area contributed by atoms with Gasteiger partial charge in [0.15, 0.2) is 5.65 Å². The van der Waals surface area contributed by atoms with Gasteiger partial charge in [0.05, 0.1) is 23.7 Å². The van der Waals surface area contributed by atoms with Gasteiger partial charge in [-0.2, -0.15) is 0 Å². The van der Waals surface area contributed by atoms with Crippen molar-refractivity contribution in [1.29, 1.82) is 0 Å². The molecule has 33 heavy (non-hydrogen) atoms. The number of anilines is 1. The SMILES string of the molecule is O=C(Cc1csc(-c2ccccc2Cl)n1)Nc1cccc(Cn2nc3ccccn3c2=O)c1. The lowest BCUT2D eigenvalue weighted by Crippen LogP contribution is -2.21. The standard InChI is InChI=1S/C24H18ClN5O2S/c25-20-9-2-1-8-19(20)23-27-18(15-33-23)13-22(31)26-17-7-5-6-16(12-17)14-30-24(32)29-11-4-3-10-21(29)28-30/h1-12,15H,13-14H2,(H,26,31). The molecule has 0 bridgehead atoms. The Morgan fingerprint density at radius 2 is 1.91 bits per heavy atom. The zero-order chi connectivity index (χ0) is 22.8. The van der Waals surface area contributed by atoms with Crippen LogP contribution in [0.25, 0.3) is 16.2 Å². The van der Waals surface area contributed by atoms with E-state index in [1.165, 1.54) is 20.4 Å². The van der Waals surface area contributed by atoms with Crippen molar-refractivity contribution in [1.82, 2.24) is 19.2 Å². The molecule has 0 aliphatic heterocycles. The monoisotopic (exact) mass is 475 g/mol. The van der Waals surface area contributed by atoms with E-state index in [2.05, 4.69) is 15.4 Å². The van der Waals surface area contributed by atoms with Crippen LogP contribution in [0.3, 0.4) is 0 Å². The van der Waals surface area contributed by atoms with Crippen LogP contribution in [0.4, 0.5) is 5.69 Å². The molecule has 7 nitrogen and oxygen atoms in total. The molecule has 0 saturated heterocycles. The van der Waals surface area contributed by atoms with E-state index in [1.54, 1.807) is 18.3 Å². The summed E-state index contributed by atoms with van der Waals surface area (Å²) in [5.41, 5.74) is 3.42. The molecule has 9 heteroatoms. The largest absolute Gasteiger partial charge is 0.350 e. The number of carbonyl (C=O) groups is 1. The summed E-state index contributed by atoms with van der Waals surface area (Å²) >= 11 is 7.70. The molecule has 0 unspecified atom stereocenters. The van der Waals surface area contributed by atoms with E-state index in [0.717, 1.165) is 16.1 Å². The smallest absolute Gasteiger partial charge is 0.326 e. The maximum Gasteiger partial charge on any atom is 0.350 e. The first-order chi connectivity index (χ1) is 16.1. The molecule has 0 spiro atoms. The minimum absolute atomic E-state index is 0.150. The minimum atomic E-state index is -0.210. The predicted molar refractivity (Wildman–Crippen MR) is 130 cm³/mol. The zero-order valence-electron chi connectivity index (χ0n) is 17.3. The van der Waals surface area contributed by atoms with Crippen molar-refractivity contribution < 1.29 is 4.79 Å². The van der Waals surface area contributed by atoms with E-state index in [9.17, 15) is 9.59 Å². The van der Waals surface area contributed by atoms with Crippen LogP contribution < -0.4 is 11.0 Å². The van der Waals surface area contributed by atoms with E-state index in [-0.39, 0.29) is 18.0 Å². The second-order valence-corrected chi connectivity index (χ2v) is 8.68. The van der Waals surface area contributed by atoms with Gasteiger partial charge in [0.1, 0.15) is 5.01 Å². The number of hydrogen-bond acceptors (Lipinski definition) is 5. The van der Waals surface area contributed by atoms with E-state index in [4.69, 9.17) is 11.6 Å². The molecule has 3 aromatic heterocycles. The highest BCUT2D eigenvalue weighted by Gasteiger charge is 2.12. The summed E-state index contributed by atoms with van der Waals surface area (Å²) in [5.74, 6) is -0.173. The third-order valence-corrected chi connectivity index (χ3v) is 6.28. The van der Waals surface area contributed by atoms with Gasteiger partial charge in [0.25, 0.3) is 0 Å². The first kappa shape index (κ1) is 21.1. The van der Waals surface area contributed by atoms with Crippen molar-refractivity contribution in [3.8, 4) is 10.6 Å². The number of fused-ring (bicyclic) bond motifs is 1. The highest BCUT2D eigenvalue weighted by molar-refractivity contribution is 7.13. The summed E-state index contributed by atoms with van der Waals surface area (Å²) in [6.07, 6.45) is 1.84. The summed E-state index contributed by atoms with van der Waals surface area (Å²) in [5, 5.41) is 10.5. The summed E-state index contributed by atoms with van der Waals surface area (Å²) in [6.45, 7) is 0.303. The van der Waals surface area contributed by atoms with Crippen LogP contribution in [-0.4, -0.2) is 25.1 Å². The Labute approximate surface area is 197 Å². The Morgan fingerprint density at radius 1 is 1.06 bits per heavy atom. The lowest BCUT2D eigenvalue weighted by molar-refractivity contribution is -0.115. The molecular formula is C24H18ClN5O2S. The third-order valence-electron chi connectivity index (χ3n) is 5.03. The van der Waals surface area contributed by atoms with Crippen LogP contribution in [0.2, 0.25) is 5.02 Å². The fraction of sp³-hybridized carbons (Fsp3) is 0.0833. The molecule has 2 aromatic carbocycles. The summed E-state index contributed by atoms with van der Waals surface area (Å²) in [7, 11) is 0. The topological polar surface area (TPSA) is 81.3 Å². The molecule has 5 aromatic rings. The normalized spacial score (nSPS) is 11.1. The maximum absolute atomic E-state index is 12.6. The van der Waals surface area contributed by atoms with Crippen molar-refractivity contribution >= 4 is 40.2 Å². The number of nitrogens with one attached hydrogen (secondary N) is 1. The summed E-state index contributed by atoms with van der Waals surface area (Å²) in [6, 6.07) is 20.3. The molecule has 3 heterocycles. The molecule has 0 radical (unpaired) electrons. The van der Waals surface area contributed by atoms with Gasteiger partial charge in [-0.05, 0) is 35.9 Å². The van der Waals surface area contributed by atoms with E-state index >= 15 is 0 Å². The van der Waals surface area contributed by atoms with E-state index < -0.39 is 0 Å². The highest BCUT2D eigenvalue weighted by Crippen LogP contribution is 2.30. The minimum Gasteiger partial charge on any atom is -0.326 e. The van der Waals surface area contributed by atoms with E-state index in [0.29, 0.717) is 28.6 Å². The fourth-order valence-corrected chi connectivity index (χ4v) is 4.65. The van der Waals surface area contributed by atoms with Crippen LogP contribution >= 0.6 is 22.9 Å². The van der Waals surface area contributed by atoms with Gasteiger partial charge >= 0.3 is 5.69 Å². The van der Waals surface area contributed by atoms with Crippen LogP contribution in [-0.2, 0) is 17.8 Å². The Bertz CT molecular complexity index is 1520. The van der Waals surface area contributed by atoms with Gasteiger partial charge in [-0.1, -0.05) is 48.0 Å². The molecule has 1 N–H and O–H groups in total. The van der Waals surface area contributed by atoms with Crippen LogP contribution in [0.15, 0.2) is 83.1 Å². The Balaban J connectivity index is 1.27. The number of nitrogens with zero attached hydrogens (tertiary/aromatic N) is 4. The second kappa shape index (κ2) is 9.01. The number of pyridine rings is 1. The number of halogens is 1. The first-order valence-electron chi connectivity index (χ1n) is 10.2. The first-order valence-corrected chi connectivity index (χ1v) is 11.4. The number of thiazole rings is 1. The van der Waals surface area contributed by atoms with Crippen LogP contribution in [0.1, 0.15) is 11.3 Å². The molecule has 5 rings (SSSR count). The van der Waals surface area contributed by atoms with Crippen molar-refractivity contribution in [2.75, 3.05) is 5.32 Å². The number of benzene rings is 2.